The number of ether oxygens (including phenoxy) is 1. The van der Waals surface area contributed by atoms with Crippen molar-refractivity contribution >= 4 is 17.5 Å². The molecule has 6 heteroatoms. The van der Waals surface area contributed by atoms with Crippen molar-refractivity contribution in [2.75, 3.05) is 13.2 Å². The third kappa shape index (κ3) is 4.06. The Labute approximate surface area is 152 Å². The minimum Gasteiger partial charge on any atom is -0.504 e. The first-order chi connectivity index (χ1) is 11.9. The van der Waals surface area contributed by atoms with E-state index < -0.39 is 0 Å². The number of amides is 1. The molecular weight excluding hydrogens is 340 g/mol. The molecule has 0 spiro atoms. The van der Waals surface area contributed by atoms with E-state index in [-0.39, 0.29) is 24.1 Å². The van der Waals surface area contributed by atoms with Gasteiger partial charge in [-0.05, 0) is 42.3 Å². The summed E-state index contributed by atoms with van der Waals surface area (Å²) >= 11 is 6.07. The quantitative estimate of drug-likeness (QED) is 0.881. The Morgan fingerprint density at radius 1 is 1.36 bits per heavy atom. The molecule has 0 aromatic heterocycles. The summed E-state index contributed by atoms with van der Waals surface area (Å²) in [6.45, 7) is 2.99. The number of rotatable bonds is 3. The van der Waals surface area contributed by atoms with E-state index in [2.05, 4.69) is 0 Å². The molecule has 25 heavy (non-hydrogen) atoms. The van der Waals surface area contributed by atoms with E-state index in [0.29, 0.717) is 30.5 Å². The fraction of sp³-hybridized carbons (Fsp3) is 0.316. The maximum Gasteiger partial charge on any atom is 0.224 e. The van der Waals surface area contributed by atoms with Crippen molar-refractivity contribution in [3.63, 3.8) is 0 Å². The van der Waals surface area contributed by atoms with Gasteiger partial charge >= 0.3 is 0 Å². The molecule has 3 N–H and O–H groups in total. The standard InChI is InChI=1S/C19H21ClN2O3/c1-12(21)7-18(24)22-5-6-25-19-15(11-22)8-14(10-17(19)23)13-3-2-4-16(20)9-13/h2-4,8-10,12,23H,5-7,11,21H2,1H3/t12-/m1/s1. The summed E-state index contributed by atoms with van der Waals surface area (Å²) in [7, 11) is 0. The highest BCUT2D eigenvalue weighted by atomic mass is 35.5. The normalized spacial score (nSPS) is 15.1. The fourth-order valence-corrected chi connectivity index (χ4v) is 3.14. The van der Waals surface area contributed by atoms with Crippen LogP contribution < -0.4 is 10.5 Å². The van der Waals surface area contributed by atoms with Crippen molar-refractivity contribution in [1.29, 1.82) is 0 Å². The van der Waals surface area contributed by atoms with E-state index in [1.807, 2.05) is 31.2 Å². The summed E-state index contributed by atoms with van der Waals surface area (Å²) in [6.07, 6.45) is 0.287. The van der Waals surface area contributed by atoms with Crippen molar-refractivity contribution in [2.24, 2.45) is 5.73 Å². The zero-order valence-electron chi connectivity index (χ0n) is 14.0. The molecule has 0 fully saturated rings. The van der Waals surface area contributed by atoms with Crippen LogP contribution in [0.25, 0.3) is 11.1 Å². The Morgan fingerprint density at radius 3 is 2.88 bits per heavy atom. The van der Waals surface area contributed by atoms with Gasteiger partial charge in [-0.3, -0.25) is 4.79 Å². The van der Waals surface area contributed by atoms with Crippen molar-refractivity contribution < 1.29 is 14.6 Å². The lowest BCUT2D eigenvalue weighted by atomic mass is 10.0. The Bertz CT molecular complexity index is 792. The van der Waals surface area contributed by atoms with Crippen molar-refractivity contribution in [3.05, 3.63) is 47.0 Å². The first-order valence-corrected chi connectivity index (χ1v) is 8.60. The summed E-state index contributed by atoms with van der Waals surface area (Å²) < 4.78 is 5.68. The highest BCUT2D eigenvalue weighted by molar-refractivity contribution is 6.30. The summed E-state index contributed by atoms with van der Waals surface area (Å²) in [5, 5.41) is 11.0. The molecule has 0 bridgehead atoms. The molecule has 0 radical (unpaired) electrons. The third-order valence-electron chi connectivity index (χ3n) is 4.12. The van der Waals surface area contributed by atoms with E-state index in [1.54, 1.807) is 17.0 Å². The van der Waals surface area contributed by atoms with Gasteiger partial charge in [0.2, 0.25) is 5.91 Å². The average molecular weight is 361 g/mol. The molecule has 0 unspecified atom stereocenters. The molecule has 5 nitrogen and oxygen atoms in total. The van der Waals surface area contributed by atoms with E-state index >= 15 is 0 Å². The SMILES string of the molecule is C[C@@H](N)CC(=O)N1CCOc2c(O)cc(-c3cccc(Cl)c3)cc2C1. The van der Waals surface area contributed by atoms with Gasteiger partial charge < -0.3 is 20.5 Å². The molecule has 1 atom stereocenters. The lowest BCUT2D eigenvalue weighted by molar-refractivity contribution is -0.132. The van der Waals surface area contributed by atoms with Crippen LogP contribution in [0.5, 0.6) is 11.5 Å². The number of nitrogens with two attached hydrogens (primary N) is 1. The minimum atomic E-state index is -0.192. The Hall–Kier alpha value is -2.24. The Morgan fingerprint density at radius 2 is 2.16 bits per heavy atom. The van der Waals surface area contributed by atoms with Crippen molar-refractivity contribution in [2.45, 2.75) is 25.9 Å². The second-order valence-electron chi connectivity index (χ2n) is 6.34. The first-order valence-electron chi connectivity index (χ1n) is 8.22. The molecule has 2 aromatic rings. The van der Waals surface area contributed by atoms with Gasteiger partial charge in [0.15, 0.2) is 11.5 Å². The first kappa shape index (κ1) is 17.6. The molecule has 0 aliphatic carbocycles. The van der Waals surface area contributed by atoms with Crippen LogP contribution in [0, 0.1) is 0 Å². The van der Waals surface area contributed by atoms with Gasteiger partial charge in [0.25, 0.3) is 0 Å². The lowest BCUT2D eigenvalue weighted by Gasteiger charge is -2.21. The number of fused-ring (bicyclic) bond motifs is 1. The zero-order valence-corrected chi connectivity index (χ0v) is 14.8. The lowest BCUT2D eigenvalue weighted by Crippen LogP contribution is -2.35. The Balaban J connectivity index is 1.95. The van der Waals surface area contributed by atoms with E-state index in [0.717, 1.165) is 16.7 Å². The number of halogens is 1. The summed E-state index contributed by atoms with van der Waals surface area (Å²) in [5.74, 6) is 0.481. The van der Waals surface area contributed by atoms with Gasteiger partial charge in [0.1, 0.15) is 6.61 Å². The minimum absolute atomic E-state index is 0.0147. The largest absolute Gasteiger partial charge is 0.504 e. The number of phenols is 1. The molecule has 1 aliphatic heterocycles. The predicted molar refractivity (Wildman–Crippen MR) is 97.7 cm³/mol. The molecule has 3 rings (SSSR count). The second-order valence-corrected chi connectivity index (χ2v) is 6.78. The number of aromatic hydroxyl groups is 1. The summed E-state index contributed by atoms with van der Waals surface area (Å²) in [6, 6.07) is 10.8. The molecule has 1 heterocycles. The zero-order chi connectivity index (χ0) is 18.0. The molecule has 0 saturated carbocycles. The highest BCUT2D eigenvalue weighted by Crippen LogP contribution is 2.38. The van der Waals surface area contributed by atoms with Crippen LogP contribution in [0.15, 0.2) is 36.4 Å². The number of carbonyl (C=O) groups is 1. The molecule has 0 saturated heterocycles. The maximum absolute atomic E-state index is 12.4. The monoisotopic (exact) mass is 360 g/mol. The van der Waals surface area contributed by atoms with Crippen LogP contribution in [-0.2, 0) is 11.3 Å². The van der Waals surface area contributed by atoms with Crippen LogP contribution in [0.2, 0.25) is 5.02 Å². The summed E-state index contributed by atoms with van der Waals surface area (Å²) in [4.78, 5) is 14.1. The molecule has 1 aliphatic rings. The van der Waals surface area contributed by atoms with Gasteiger partial charge in [-0.2, -0.15) is 0 Å². The summed E-state index contributed by atoms with van der Waals surface area (Å²) in [5.41, 5.74) is 8.22. The van der Waals surface area contributed by atoms with Crippen LogP contribution >= 0.6 is 11.6 Å². The van der Waals surface area contributed by atoms with E-state index in [4.69, 9.17) is 22.1 Å². The van der Waals surface area contributed by atoms with Crippen LogP contribution in [0.4, 0.5) is 0 Å². The number of benzene rings is 2. The van der Waals surface area contributed by atoms with Crippen LogP contribution in [-0.4, -0.2) is 35.1 Å². The van der Waals surface area contributed by atoms with Crippen molar-refractivity contribution in [3.8, 4) is 22.6 Å². The van der Waals surface area contributed by atoms with Crippen LogP contribution in [0.3, 0.4) is 0 Å². The number of hydrogen-bond donors (Lipinski definition) is 2. The second kappa shape index (κ2) is 7.33. The van der Waals surface area contributed by atoms with Crippen molar-refractivity contribution in [1.82, 2.24) is 4.90 Å². The van der Waals surface area contributed by atoms with Gasteiger partial charge in [-0.15, -0.1) is 0 Å². The smallest absolute Gasteiger partial charge is 0.224 e. The topological polar surface area (TPSA) is 75.8 Å². The van der Waals surface area contributed by atoms with Gasteiger partial charge in [0.05, 0.1) is 6.54 Å². The van der Waals surface area contributed by atoms with Gasteiger partial charge in [-0.1, -0.05) is 23.7 Å². The van der Waals surface area contributed by atoms with E-state index in [1.165, 1.54) is 0 Å². The predicted octanol–water partition coefficient (Wildman–Crippen LogP) is 3.17. The fourth-order valence-electron chi connectivity index (χ4n) is 2.95. The Kier molecular flexibility index (Phi) is 5.16. The van der Waals surface area contributed by atoms with Gasteiger partial charge in [0, 0.05) is 29.6 Å². The number of hydrogen-bond acceptors (Lipinski definition) is 4. The van der Waals surface area contributed by atoms with Crippen LogP contribution in [0.1, 0.15) is 18.9 Å². The number of nitrogens with zero attached hydrogens (tertiary/aromatic N) is 1. The highest BCUT2D eigenvalue weighted by Gasteiger charge is 2.23. The maximum atomic E-state index is 12.4. The molecular formula is C19H21ClN2O3. The third-order valence-corrected chi connectivity index (χ3v) is 4.36. The number of carbonyl (C=O) groups excluding carboxylic acids is 1. The molecule has 132 valence electrons. The number of phenolic OH excluding ortho intramolecular Hbond substituents is 1. The molecule has 2 aromatic carbocycles. The average Bonchev–Trinajstić information content (AvgIpc) is 2.77. The van der Waals surface area contributed by atoms with Gasteiger partial charge in [-0.25, -0.2) is 0 Å². The molecule has 1 amide bonds. The van der Waals surface area contributed by atoms with E-state index in [9.17, 15) is 9.90 Å².